The molecule has 5 rings (SSSR count). The number of nitrogens with one attached hydrogen (secondary N) is 1. The van der Waals surface area contributed by atoms with E-state index in [2.05, 4.69) is 10.3 Å². The molecule has 5 nitrogen and oxygen atoms in total. The summed E-state index contributed by atoms with van der Waals surface area (Å²) in [6.07, 6.45) is 5.86. The highest BCUT2D eigenvalue weighted by Gasteiger charge is 2.24. The Labute approximate surface area is 161 Å². The Hall–Kier alpha value is -2.99. The number of nitrogens with zero attached hydrogens (tertiary/aromatic N) is 2. The van der Waals surface area contributed by atoms with Crippen molar-refractivity contribution < 1.29 is 8.83 Å². The molecule has 0 aliphatic heterocycles. The summed E-state index contributed by atoms with van der Waals surface area (Å²) < 4.78 is 11.5. The first-order chi connectivity index (χ1) is 13.3. The van der Waals surface area contributed by atoms with Gasteiger partial charge < -0.3 is 14.2 Å². The van der Waals surface area contributed by atoms with Crippen molar-refractivity contribution in [3.05, 3.63) is 64.8 Å². The molecule has 1 aliphatic carbocycles. The first-order valence-corrected chi connectivity index (χ1v) is 9.43. The molecule has 0 unspecified atom stereocenters. The van der Waals surface area contributed by atoms with E-state index in [9.17, 15) is 0 Å². The summed E-state index contributed by atoms with van der Waals surface area (Å²) in [4.78, 5) is 9.43. The summed E-state index contributed by atoms with van der Waals surface area (Å²) in [6.45, 7) is 0. The van der Waals surface area contributed by atoms with Gasteiger partial charge in [0.2, 0.25) is 5.71 Å². The number of para-hydroxylation sites is 1. The van der Waals surface area contributed by atoms with Crippen molar-refractivity contribution in [1.29, 1.82) is 0 Å². The summed E-state index contributed by atoms with van der Waals surface area (Å²) in [5, 5.41) is 4.19. The van der Waals surface area contributed by atoms with Gasteiger partial charge in [-0.1, -0.05) is 18.2 Å². The molecule has 1 aromatic carbocycles. The zero-order chi connectivity index (χ0) is 18.2. The Kier molecular flexibility index (Phi) is 3.98. The number of fused-ring (bicyclic) bond motifs is 2. The molecule has 0 amide bonds. The molecule has 6 heteroatoms. The van der Waals surface area contributed by atoms with Gasteiger partial charge in [0.25, 0.3) is 4.84 Å². The van der Waals surface area contributed by atoms with Crippen LogP contribution in [0.25, 0.3) is 22.4 Å². The zero-order valence-electron chi connectivity index (χ0n) is 14.6. The average Bonchev–Trinajstić information content (AvgIpc) is 3.21. The lowest BCUT2D eigenvalue weighted by molar-refractivity contribution is 0.543. The lowest BCUT2D eigenvalue weighted by Gasteiger charge is -2.20. The van der Waals surface area contributed by atoms with Gasteiger partial charge in [-0.25, -0.2) is 4.98 Å². The van der Waals surface area contributed by atoms with Crippen molar-refractivity contribution in [3.63, 3.8) is 0 Å². The van der Waals surface area contributed by atoms with Crippen LogP contribution in [0.1, 0.15) is 24.1 Å². The van der Waals surface area contributed by atoms with E-state index in [1.807, 2.05) is 42.5 Å². The standard InChI is InChI=1S/C21H17N3O2S/c27-21-24-19(22-13-7-2-1-3-8-13)18-17(16-11-6-12-25-16)14-9-4-5-10-15(14)23-20(18)26-21/h1-3,6-8,11-12H,4-5,9-10H2,(H,22,24,27). The van der Waals surface area contributed by atoms with E-state index in [4.69, 9.17) is 26.0 Å². The minimum absolute atomic E-state index is 0.162. The van der Waals surface area contributed by atoms with Gasteiger partial charge in [-0.05, 0) is 67.7 Å². The molecule has 0 fully saturated rings. The molecule has 0 saturated heterocycles. The van der Waals surface area contributed by atoms with E-state index in [-0.39, 0.29) is 4.84 Å². The zero-order valence-corrected chi connectivity index (χ0v) is 15.4. The molecule has 3 heterocycles. The predicted octanol–water partition coefficient (Wildman–Crippen LogP) is 5.83. The highest BCUT2D eigenvalue weighted by molar-refractivity contribution is 7.71. The lowest BCUT2D eigenvalue weighted by Crippen LogP contribution is -2.09. The number of furan rings is 1. The number of anilines is 2. The quantitative estimate of drug-likeness (QED) is 0.454. The van der Waals surface area contributed by atoms with Crippen LogP contribution in [-0.4, -0.2) is 9.97 Å². The molecule has 0 spiro atoms. The fourth-order valence-electron chi connectivity index (χ4n) is 3.71. The van der Waals surface area contributed by atoms with E-state index in [0.29, 0.717) is 11.5 Å². The highest BCUT2D eigenvalue weighted by atomic mass is 32.1. The van der Waals surface area contributed by atoms with E-state index in [1.54, 1.807) is 6.26 Å². The monoisotopic (exact) mass is 375 g/mol. The molecular formula is C21H17N3O2S. The number of rotatable bonds is 3. The number of benzene rings is 1. The maximum absolute atomic E-state index is 5.78. The number of hydrogen-bond donors (Lipinski definition) is 1. The first-order valence-electron chi connectivity index (χ1n) is 9.02. The largest absolute Gasteiger partial charge is 0.464 e. The van der Waals surface area contributed by atoms with Crippen molar-refractivity contribution in [2.75, 3.05) is 5.32 Å². The maximum Gasteiger partial charge on any atom is 0.292 e. The third-order valence-corrected chi connectivity index (χ3v) is 5.04. The average molecular weight is 375 g/mol. The van der Waals surface area contributed by atoms with E-state index >= 15 is 0 Å². The number of hydrogen-bond acceptors (Lipinski definition) is 6. The van der Waals surface area contributed by atoms with Crippen LogP contribution in [0.3, 0.4) is 0 Å². The van der Waals surface area contributed by atoms with Crippen LogP contribution >= 0.6 is 12.2 Å². The molecular weight excluding hydrogens is 358 g/mol. The predicted molar refractivity (Wildman–Crippen MR) is 107 cm³/mol. The molecule has 1 aliphatic rings. The summed E-state index contributed by atoms with van der Waals surface area (Å²) in [6, 6.07) is 13.8. The minimum atomic E-state index is 0.162. The second kappa shape index (κ2) is 6.63. The third kappa shape index (κ3) is 2.92. The molecule has 3 aromatic heterocycles. The molecule has 4 aromatic rings. The molecule has 1 N–H and O–H groups in total. The fourth-order valence-corrected chi connectivity index (χ4v) is 3.88. The minimum Gasteiger partial charge on any atom is -0.464 e. The maximum atomic E-state index is 5.78. The summed E-state index contributed by atoms with van der Waals surface area (Å²) in [5.74, 6) is 1.44. The van der Waals surface area contributed by atoms with Gasteiger partial charge in [0.05, 0.1) is 11.6 Å². The summed E-state index contributed by atoms with van der Waals surface area (Å²) in [7, 11) is 0. The smallest absolute Gasteiger partial charge is 0.292 e. The molecule has 0 radical (unpaired) electrons. The van der Waals surface area contributed by atoms with Crippen molar-refractivity contribution in [2.45, 2.75) is 25.7 Å². The second-order valence-electron chi connectivity index (χ2n) is 6.60. The molecule has 134 valence electrons. The molecule has 0 bridgehead atoms. The van der Waals surface area contributed by atoms with Gasteiger partial charge in [0.1, 0.15) is 11.6 Å². The van der Waals surface area contributed by atoms with Crippen LogP contribution < -0.4 is 5.32 Å². The van der Waals surface area contributed by atoms with Gasteiger partial charge >= 0.3 is 0 Å². The van der Waals surface area contributed by atoms with Crippen LogP contribution in [0.5, 0.6) is 0 Å². The SMILES string of the molecule is S=c1nc(Nc2ccccc2)c2c(-c3ccco3)c3c(nc2o1)CCCC3. The van der Waals surface area contributed by atoms with Gasteiger partial charge in [0, 0.05) is 16.9 Å². The molecule has 0 atom stereocenters. The second-order valence-corrected chi connectivity index (χ2v) is 6.95. The van der Waals surface area contributed by atoms with Crippen molar-refractivity contribution >= 4 is 34.8 Å². The first kappa shape index (κ1) is 16.2. The normalized spacial score (nSPS) is 13.5. The molecule has 0 saturated carbocycles. The Morgan fingerprint density at radius 3 is 2.63 bits per heavy atom. The van der Waals surface area contributed by atoms with Gasteiger partial charge in [0.15, 0.2) is 0 Å². The van der Waals surface area contributed by atoms with Crippen molar-refractivity contribution in [1.82, 2.24) is 9.97 Å². The van der Waals surface area contributed by atoms with Crippen LogP contribution in [0.2, 0.25) is 0 Å². The van der Waals surface area contributed by atoms with Crippen LogP contribution in [0.15, 0.2) is 57.6 Å². The summed E-state index contributed by atoms with van der Waals surface area (Å²) in [5.41, 5.74) is 4.71. The van der Waals surface area contributed by atoms with Crippen LogP contribution in [0, 0.1) is 4.84 Å². The Balaban J connectivity index is 1.84. The number of pyridine rings is 1. The van der Waals surface area contributed by atoms with Crippen molar-refractivity contribution in [3.8, 4) is 11.3 Å². The van der Waals surface area contributed by atoms with Crippen LogP contribution in [0.4, 0.5) is 11.5 Å². The third-order valence-electron chi connectivity index (χ3n) is 4.87. The Morgan fingerprint density at radius 1 is 0.963 bits per heavy atom. The molecule has 27 heavy (non-hydrogen) atoms. The van der Waals surface area contributed by atoms with E-state index < -0.39 is 0 Å². The number of aromatic nitrogens is 2. The highest BCUT2D eigenvalue weighted by Crippen LogP contribution is 2.40. The Bertz CT molecular complexity index is 1170. The van der Waals surface area contributed by atoms with Gasteiger partial charge in [-0.2, -0.15) is 4.98 Å². The Morgan fingerprint density at radius 2 is 1.81 bits per heavy atom. The fraction of sp³-hybridized carbons (Fsp3) is 0.190. The van der Waals surface area contributed by atoms with E-state index in [1.165, 1.54) is 5.56 Å². The lowest BCUT2D eigenvalue weighted by atomic mass is 9.89. The van der Waals surface area contributed by atoms with Crippen LogP contribution in [-0.2, 0) is 12.8 Å². The van der Waals surface area contributed by atoms with Crippen molar-refractivity contribution in [2.24, 2.45) is 0 Å². The van der Waals surface area contributed by atoms with Gasteiger partial charge in [-0.15, -0.1) is 0 Å². The topological polar surface area (TPSA) is 64.1 Å². The van der Waals surface area contributed by atoms with Gasteiger partial charge in [-0.3, -0.25) is 0 Å². The number of aryl methyl sites for hydroxylation is 1. The van der Waals surface area contributed by atoms with E-state index in [0.717, 1.165) is 53.8 Å². The summed E-state index contributed by atoms with van der Waals surface area (Å²) >= 11 is 5.26.